The first kappa shape index (κ1) is 19.3. The van der Waals surface area contributed by atoms with E-state index in [-0.39, 0.29) is 6.61 Å². The third-order valence-electron chi connectivity index (χ3n) is 3.30. The van der Waals surface area contributed by atoms with Crippen molar-refractivity contribution >= 4 is 17.9 Å². The molecule has 0 amide bonds. The van der Waals surface area contributed by atoms with Crippen LogP contribution in [-0.2, 0) is 33.3 Å². The molecule has 0 unspecified atom stereocenters. The lowest BCUT2D eigenvalue weighted by atomic mass is 10.0. The van der Waals surface area contributed by atoms with Crippen LogP contribution in [0.1, 0.15) is 27.0 Å². The van der Waals surface area contributed by atoms with Gasteiger partial charge in [-0.1, -0.05) is 0 Å². The lowest BCUT2D eigenvalue weighted by Crippen LogP contribution is -2.57. The van der Waals surface area contributed by atoms with E-state index in [0.717, 1.165) is 31.6 Å². The highest BCUT2D eigenvalue weighted by atomic mass is 16.6. The number of esters is 3. The van der Waals surface area contributed by atoms with Gasteiger partial charge < -0.3 is 18.9 Å². The molecule has 1 saturated heterocycles. The van der Waals surface area contributed by atoms with Gasteiger partial charge >= 0.3 is 23.6 Å². The van der Waals surface area contributed by atoms with Crippen molar-refractivity contribution in [1.82, 2.24) is 14.8 Å². The van der Waals surface area contributed by atoms with E-state index >= 15 is 0 Å². The van der Waals surface area contributed by atoms with E-state index < -0.39 is 53.7 Å². The Morgan fingerprint density at radius 2 is 1.65 bits per heavy atom. The van der Waals surface area contributed by atoms with Crippen LogP contribution in [0.3, 0.4) is 0 Å². The lowest BCUT2D eigenvalue weighted by Gasteiger charge is -2.40. The fourth-order valence-electron chi connectivity index (χ4n) is 2.48. The van der Waals surface area contributed by atoms with Crippen molar-refractivity contribution in [3.8, 4) is 0 Å². The summed E-state index contributed by atoms with van der Waals surface area (Å²) in [6.07, 6.45) is -4.17. The average Bonchev–Trinajstić information content (AvgIpc) is 2.50. The number of aromatic amines is 1. The second kappa shape index (κ2) is 7.91. The van der Waals surface area contributed by atoms with Gasteiger partial charge in [-0.15, -0.1) is 0 Å². The fraction of sp³-hybridized carbons (Fsp3) is 0.571. The number of aromatic nitrogens is 3. The van der Waals surface area contributed by atoms with Gasteiger partial charge in [-0.3, -0.25) is 24.2 Å². The molecule has 1 aliphatic heterocycles. The molecule has 26 heavy (non-hydrogen) atoms. The molecule has 4 atom stereocenters. The largest absolute Gasteiger partial charge is 0.456 e. The minimum atomic E-state index is -1.36. The standard InChI is InChI=1S/C14H17N3O9/c1-6(18)24-9-5-23-13(17-14(22)16-10(21)4-15-17)12(26-8(3)20)11(9)25-7(2)19/h4,9,11-13H,5H2,1-3H3,(H,16,21,22)/t9-,11-,12-,13+/m1/s1. The normalized spacial score (nSPS) is 25.2. The van der Waals surface area contributed by atoms with Crippen molar-refractivity contribution < 1.29 is 33.3 Å². The summed E-state index contributed by atoms with van der Waals surface area (Å²) < 4.78 is 21.5. The van der Waals surface area contributed by atoms with Crippen LogP contribution >= 0.6 is 0 Å². The van der Waals surface area contributed by atoms with E-state index in [2.05, 4.69) is 5.10 Å². The van der Waals surface area contributed by atoms with Crippen molar-refractivity contribution in [1.29, 1.82) is 0 Å². The number of hydrogen-bond donors (Lipinski definition) is 1. The summed E-state index contributed by atoms with van der Waals surface area (Å²) in [6.45, 7) is 3.09. The van der Waals surface area contributed by atoms with Gasteiger partial charge in [-0.2, -0.15) is 9.78 Å². The number of H-pyrrole nitrogens is 1. The van der Waals surface area contributed by atoms with E-state index in [1.165, 1.54) is 0 Å². The summed E-state index contributed by atoms with van der Waals surface area (Å²) in [5.74, 6) is -2.16. The van der Waals surface area contributed by atoms with Gasteiger partial charge in [-0.05, 0) is 0 Å². The average molecular weight is 371 g/mol. The third kappa shape index (κ3) is 4.53. The number of nitrogens with one attached hydrogen (secondary N) is 1. The third-order valence-corrected chi connectivity index (χ3v) is 3.30. The number of ether oxygens (including phenoxy) is 4. The van der Waals surface area contributed by atoms with Crippen molar-refractivity contribution in [2.24, 2.45) is 0 Å². The molecular weight excluding hydrogens is 354 g/mol. The number of carbonyl (C=O) groups is 3. The van der Waals surface area contributed by atoms with Gasteiger partial charge in [0.1, 0.15) is 6.20 Å². The highest BCUT2D eigenvalue weighted by Gasteiger charge is 2.48. The Hall–Kier alpha value is -3.02. The predicted octanol–water partition coefficient (Wildman–Crippen LogP) is -1.74. The molecule has 1 aromatic heterocycles. The number of rotatable bonds is 4. The number of hydrogen-bond acceptors (Lipinski definition) is 10. The van der Waals surface area contributed by atoms with E-state index in [1.807, 2.05) is 4.98 Å². The Morgan fingerprint density at radius 3 is 2.19 bits per heavy atom. The van der Waals surface area contributed by atoms with Crippen LogP contribution in [0.4, 0.5) is 0 Å². The quantitative estimate of drug-likeness (QED) is 0.476. The van der Waals surface area contributed by atoms with Crippen LogP contribution in [0.25, 0.3) is 0 Å². The first-order valence-electron chi connectivity index (χ1n) is 7.50. The summed E-state index contributed by atoms with van der Waals surface area (Å²) in [6, 6.07) is 0. The van der Waals surface area contributed by atoms with Gasteiger partial charge in [0.25, 0.3) is 5.56 Å². The molecule has 0 saturated carbocycles. The Labute approximate surface area is 146 Å². The van der Waals surface area contributed by atoms with Gasteiger partial charge in [0, 0.05) is 20.8 Å². The molecule has 0 radical (unpaired) electrons. The van der Waals surface area contributed by atoms with Gasteiger partial charge in [0.05, 0.1) is 6.61 Å². The van der Waals surface area contributed by atoms with Crippen molar-refractivity contribution in [2.45, 2.75) is 45.3 Å². The molecule has 12 heteroatoms. The molecule has 0 bridgehead atoms. The summed E-state index contributed by atoms with van der Waals surface area (Å²) in [4.78, 5) is 59.4. The lowest BCUT2D eigenvalue weighted by molar-refractivity contribution is -0.242. The minimum absolute atomic E-state index is 0.271. The second-order valence-electron chi connectivity index (χ2n) is 5.40. The molecule has 1 aromatic rings. The zero-order chi connectivity index (χ0) is 19.4. The predicted molar refractivity (Wildman–Crippen MR) is 80.8 cm³/mol. The molecule has 0 aromatic carbocycles. The molecule has 2 rings (SSSR count). The first-order valence-corrected chi connectivity index (χ1v) is 7.50. The van der Waals surface area contributed by atoms with Gasteiger partial charge in [0.2, 0.25) is 0 Å². The maximum Gasteiger partial charge on any atom is 0.347 e. The maximum atomic E-state index is 12.0. The highest BCUT2D eigenvalue weighted by Crippen LogP contribution is 2.29. The molecule has 2 heterocycles. The van der Waals surface area contributed by atoms with Crippen molar-refractivity contribution in [3.63, 3.8) is 0 Å². The summed E-state index contributed by atoms with van der Waals surface area (Å²) in [5, 5.41) is 3.65. The highest BCUT2D eigenvalue weighted by molar-refractivity contribution is 5.68. The van der Waals surface area contributed by atoms with Crippen LogP contribution in [0.5, 0.6) is 0 Å². The molecular formula is C14H17N3O9. The first-order chi connectivity index (χ1) is 12.2. The Bertz CT molecular complexity index is 814. The SMILES string of the molecule is CC(=O)O[C@@H]1[C@H](OC(C)=O)[C@H](OC(C)=O)CO[C@@H]1n1ncc(=O)[nH]c1=O. The van der Waals surface area contributed by atoms with Gasteiger partial charge in [0.15, 0.2) is 24.5 Å². The van der Waals surface area contributed by atoms with E-state index in [4.69, 9.17) is 18.9 Å². The monoisotopic (exact) mass is 371 g/mol. The Morgan fingerprint density at radius 1 is 1.08 bits per heavy atom. The summed E-state index contributed by atoms with van der Waals surface area (Å²) >= 11 is 0. The zero-order valence-corrected chi connectivity index (χ0v) is 14.2. The maximum absolute atomic E-state index is 12.0. The van der Waals surface area contributed by atoms with E-state index in [9.17, 15) is 24.0 Å². The molecule has 1 fully saturated rings. The van der Waals surface area contributed by atoms with Crippen LogP contribution < -0.4 is 11.2 Å². The summed E-state index contributed by atoms with van der Waals surface area (Å²) in [5.41, 5.74) is -1.66. The zero-order valence-electron chi connectivity index (χ0n) is 14.2. The minimum Gasteiger partial charge on any atom is -0.456 e. The number of nitrogens with zero attached hydrogens (tertiary/aromatic N) is 2. The van der Waals surface area contributed by atoms with Crippen LogP contribution in [0.2, 0.25) is 0 Å². The molecule has 0 aliphatic carbocycles. The second-order valence-corrected chi connectivity index (χ2v) is 5.40. The molecule has 0 spiro atoms. The van der Waals surface area contributed by atoms with Crippen LogP contribution in [0, 0.1) is 0 Å². The van der Waals surface area contributed by atoms with Crippen molar-refractivity contribution in [3.05, 3.63) is 27.0 Å². The molecule has 1 aliphatic rings. The van der Waals surface area contributed by atoms with Crippen LogP contribution in [-0.4, -0.2) is 57.6 Å². The fourth-order valence-corrected chi connectivity index (χ4v) is 2.48. The van der Waals surface area contributed by atoms with Crippen LogP contribution in [0.15, 0.2) is 15.8 Å². The molecule has 12 nitrogen and oxygen atoms in total. The molecule has 1 N–H and O–H groups in total. The number of carbonyl (C=O) groups excluding carboxylic acids is 3. The van der Waals surface area contributed by atoms with Crippen molar-refractivity contribution in [2.75, 3.05) is 6.61 Å². The molecule has 142 valence electrons. The smallest absolute Gasteiger partial charge is 0.347 e. The summed E-state index contributed by atoms with van der Waals surface area (Å²) in [7, 11) is 0. The van der Waals surface area contributed by atoms with E-state index in [1.54, 1.807) is 0 Å². The Kier molecular flexibility index (Phi) is 5.87. The Balaban J connectivity index is 2.46. The topological polar surface area (TPSA) is 156 Å². The van der Waals surface area contributed by atoms with Gasteiger partial charge in [-0.25, -0.2) is 4.79 Å². The van der Waals surface area contributed by atoms with E-state index in [0.29, 0.717) is 0 Å².